The van der Waals surface area contributed by atoms with Gasteiger partial charge in [0.15, 0.2) is 6.04 Å². The average molecular weight is 402 g/mol. The molecule has 0 bridgehead atoms. The minimum atomic E-state index is -1.69. The zero-order valence-corrected chi connectivity index (χ0v) is 16.1. The molecule has 3 aliphatic rings. The highest BCUT2D eigenvalue weighted by atomic mass is 32.2. The molecule has 3 heterocycles. The van der Waals surface area contributed by atoms with Gasteiger partial charge >= 0.3 is 5.97 Å². The molecule has 2 fully saturated rings. The molecule has 0 spiro atoms. The zero-order chi connectivity index (χ0) is 20.4. The van der Waals surface area contributed by atoms with Crippen molar-refractivity contribution in [2.45, 2.75) is 36.1 Å². The monoisotopic (exact) mass is 402 g/mol. The van der Waals surface area contributed by atoms with E-state index < -0.39 is 56.7 Å². The van der Waals surface area contributed by atoms with Crippen LogP contribution in [-0.2, 0) is 25.1 Å². The van der Waals surface area contributed by atoms with Gasteiger partial charge in [-0.05, 0) is 26.0 Å². The van der Waals surface area contributed by atoms with Crippen LogP contribution in [0.25, 0.3) is 0 Å². The van der Waals surface area contributed by atoms with Crippen LogP contribution < -0.4 is 0 Å². The van der Waals surface area contributed by atoms with Crippen molar-refractivity contribution in [3.8, 4) is 0 Å². The lowest BCUT2D eigenvalue weighted by atomic mass is 9.95. The fourth-order valence-electron chi connectivity index (χ4n) is 4.04. The third kappa shape index (κ3) is 2.19. The maximum absolute atomic E-state index is 13.1. The molecule has 8 nitrogen and oxygen atoms in total. The van der Waals surface area contributed by atoms with Gasteiger partial charge in [-0.25, -0.2) is 4.79 Å². The van der Waals surface area contributed by atoms with Gasteiger partial charge in [0.2, 0.25) is 0 Å². The van der Waals surface area contributed by atoms with Crippen LogP contribution in [0.3, 0.4) is 0 Å². The molecule has 2 saturated heterocycles. The number of carbonyl (C=O) groups excluding carboxylic acids is 4. The van der Waals surface area contributed by atoms with Crippen molar-refractivity contribution in [1.82, 2.24) is 9.80 Å². The Morgan fingerprint density at radius 3 is 2.32 bits per heavy atom. The highest BCUT2D eigenvalue weighted by molar-refractivity contribution is 7.87. The van der Waals surface area contributed by atoms with E-state index in [0.29, 0.717) is 0 Å². The van der Waals surface area contributed by atoms with Gasteiger partial charge in [-0.2, -0.15) is 0 Å². The number of esters is 1. The van der Waals surface area contributed by atoms with Gasteiger partial charge in [0, 0.05) is 0 Å². The van der Waals surface area contributed by atoms with Crippen LogP contribution in [0.1, 0.15) is 34.6 Å². The van der Waals surface area contributed by atoms with E-state index >= 15 is 0 Å². The summed E-state index contributed by atoms with van der Waals surface area (Å²) < 4.78 is 17.1. The maximum atomic E-state index is 13.1. The minimum absolute atomic E-state index is 0.0351. The summed E-state index contributed by atoms with van der Waals surface area (Å²) in [5.41, 5.74) is 0.424. The van der Waals surface area contributed by atoms with E-state index in [-0.39, 0.29) is 17.7 Å². The van der Waals surface area contributed by atoms with E-state index in [1.54, 1.807) is 26.0 Å². The topological polar surface area (TPSA) is 101 Å². The Morgan fingerprint density at radius 1 is 1.21 bits per heavy atom. The SMILES string of the molecule is C=CCOC(=O)[C@@H]1N2C(=O)[C@H](N3C(=O)c4ccccc4C3=O)[C@H]2S(=O)C1(C)C. The lowest BCUT2D eigenvalue weighted by Crippen LogP contribution is -2.72. The number of β-lactam (4-membered cyclic amide) rings is 1. The standard InChI is InChI=1S/C19H18N2O6S/c1-4-9-27-18(25)13-19(2,3)28(26)17-12(16(24)21(13)17)20-14(22)10-7-5-6-8-11(10)15(20)23/h4-8,12-13,17H,1,9H2,2-3H3/t12-,13-,17+,28?/m0/s1. The summed E-state index contributed by atoms with van der Waals surface area (Å²) in [6.07, 6.45) is 1.40. The van der Waals surface area contributed by atoms with Crippen LogP contribution in [-0.4, -0.2) is 66.5 Å². The van der Waals surface area contributed by atoms with Gasteiger partial charge in [0.05, 0.1) is 26.7 Å². The highest BCUT2D eigenvalue weighted by Gasteiger charge is 2.71. The van der Waals surface area contributed by atoms with Crippen LogP contribution in [0.4, 0.5) is 0 Å². The quantitative estimate of drug-likeness (QED) is 0.314. The first kappa shape index (κ1) is 18.5. The molecule has 0 N–H and O–H groups in total. The van der Waals surface area contributed by atoms with E-state index in [1.807, 2.05) is 0 Å². The second kappa shape index (κ2) is 6.10. The Bertz CT molecular complexity index is 936. The van der Waals surface area contributed by atoms with Gasteiger partial charge in [0.1, 0.15) is 18.0 Å². The fourth-order valence-corrected chi connectivity index (χ4v) is 5.99. The molecule has 1 unspecified atom stereocenters. The van der Waals surface area contributed by atoms with Crippen LogP contribution in [0, 0.1) is 0 Å². The summed E-state index contributed by atoms with van der Waals surface area (Å²) in [4.78, 5) is 52.9. The third-order valence-electron chi connectivity index (χ3n) is 5.40. The Hall–Kier alpha value is -2.81. The third-order valence-corrected chi connectivity index (χ3v) is 7.58. The van der Waals surface area contributed by atoms with E-state index in [1.165, 1.54) is 23.1 Å². The summed E-state index contributed by atoms with van der Waals surface area (Å²) in [7, 11) is -1.69. The average Bonchev–Trinajstić information content (AvgIpc) is 3.02. The molecule has 9 heteroatoms. The van der Waals surface area contributed by atoms with Gasteiger partial charge in [-0.15, -0.1) is 0 Å². The van der Waals surface area contributed by atoms with Crippen molar-refractivity contribution in [1.29, 1.82) is 0 Å². The number of benzene rings is 1. The normalized spacial score (nSPS) is 30.0. The molecule has 4 atom stereocenters. The lowest BCUT2D eigenvalue weighted by Gasteiger charge is -2.46. The Labute approximate surface area is 163 Å². The van der Waals surface area contributed by atoms with Crippen LogP contribution in [0.5, 0.6) is 0 Å². The van der Waals surface area contributed by atoms with Crippen LogP contribution >= 0.6 is 0 Å². The van der Waals surface area contributed by atoms with Crippen molar-refractivity contribution >= 4 is 34.5 Å². The van der Waals surface area contributed by atoms with Gasteiger partial charge < -0.3 is 9.64 Å². The lowest BCUT2D eigenvalue weighted by molar-refractivity contribution is -0.165. The number of amides is 3. The molecule has 1 aromatic rings. The summed E-state index contributed by atoms with van der Waals surface area (Å²) in [5, 5.41) is -0.939. The summed E-state index contributed by atoms with van der Waals surface area (Å²) in [6, 6.07) is 4.04. The molecule has 3 amide bonds. The molecule has 3 aliphatic heterocycles. The number of carbonyl (C=O) groups is 4. The summed E-state index contributed by atoms with van der Waals surface area (Å²) in [6.45, 7) is 6.65. The molecule has 146 valence electrons. The number of ether oxygens (including phenoxy) is 1. The number of hydrogen-bond donors (Lipinski definition) is 0. The van der Waals surface area contributed by atoms with Crippen molar-refractivity contribution in [2.75, 3.05) is 6.61 Å². The van der Waals surface area contributed by atoms with Crippen LogP contribution in [0.2, 0.25) is 0 Å². The molecule has 4 rings (SSSR count). The van der Waals surface area contributed by atoms with Crippen molar-refractivity contribution < 1.29 is 28.1 Å². The minimum Gasteiger partial charge on any atom is -0.460 e. The first-order valence-electron chi connectivity index (χ1n) is 8.70. The Kier molecular flexibility index (Phi) is 4.04. The van der Waals surface area contributed by atoms with E-state index in [9.17, 15) is 23.4 Å². The highest BCUT2D eigenvalue weighted by Crippen LogP contribution is 2.46. The summed E-state index contributed by atoms with van der Waals surface area (Å²) >= 11 is 0. The number of rotatable bonds is 4. The first-order valence-corrected chi connectivity index (χ1v) is 9.92. The van der Waals surface area contributed by atoms with E-state index in [2.05, 4.69) is 6.58 Å². The van der Waals surface area contributed by atoms with Crippen molar-refractivity contribution in [3.05, 3.63) is 48.0 Å². The molecule has 0 radical (unpaired) electrons. The Morgan fingerprint density at radius 2 is 1.79 bits per heavy atom. The zero-order valence-electron chi connectivity index (χ0n) is 15.3. The molecule has 0 saturated carbocycles. The molecule has 0 aliphatic carbocycles. The molecule has 28 heavy (non-hydrogen) atoms. The van der Waals surface area contributed by atoms with Crippen LogP contribution in [0.15, 0.2) is 36.9 Å². The van der Waals surface area contributed by atoms with E-state index in [4.69, 9.17) is 4.74 Å². The second-order valence-electron chi connectivity index (χ2n) is 7.33. The number of nitrogens with zero attached hydrogens (tertiary/aromatic N) is 2. The molecule has 0 aromatic heterocycles. The van der Waals surface area contributed by atoms with Crippen molar-refractivity contribution in [3.63, 3.8) is 0 Å². The number of hydrogen-bond acceptors (Lipinski definition) is 6. The summed E-state index contributed by atoms with van der Waals surface area (Å²) in [5.74, 6) is -2.45. The number of imide groups is 1. The Balaban J connectivity index is 1.68. The largest absolute Gasteiger partial charge is 0.460 e. The molecular weight excluding hydrogens is 384 g/mol. The second-order valence-corrected chi connectivity index (χ2v) is 9.46. The van der Waals surface area contributed by atoms with Gasteiger partial charge in [0.25, 0.3) is 17.7 Å². The fraction of sp³-hybridized carbons (Fsp3) is 0.368. The van der Waals surface area contributed by atoms with Crippen molar-refractivity contribution in [2.24, 2.45) is 0 Å². The molecule has 1 aromatic carbocycles. The predicted molar refractivity (Wildman–Crippen MR) is 98.5 cm³/mol. The predicted octanol–water partition coefficient (Wildman–Crippen LogP) is 0.458. The smallest absolute Gasteiger partial charge is 0.330 e. The molecular formula is C19H18N2O6S. The maximum Gasteiger partial charge on any atom is 0.330 e. The van der Waals surface area contributed by atoms with E-state index in [0.717, 1.165) is 4.90 Å². The van der Waals surface area contributed by atoms with Gasteiger partial charge in [-0.3, -0.25) is 23.5 Å². The first-order chi connectivity index (χ1) is 13.2. The number of fused-ring (bicyclic) bond motifs is 2. The van der Waals surface area contributed by atoms with Gasteiger partial charge in [-0.1, -0.05) is 24.8 Å².